The summed E-state index contributed by atoms with van der Waals surface area (Å²) in [6.07, 6.45) is 8.84. The van der Waals surface area contributed by atoms with Crippen LogP contribution in [0.25, 0.3) is 22.5 Å². The van der Waals surface area contributed by atoms with Crippen LogP contribution >= 0.6 is 0 Å². The van der Waals surface area contributed by atoms with Crippen molar-refractivity contribution in [2.75, 3.05) is 20.2 Å². The van der Waals surface area contributed by atoms with Crippen LogP contribution in [0, 0.1) is 44.4 Å². The number of aliphatic hydroxyl groups is 2. The van der Waals surface area contributed by atoms with Gasteiger partial charge in [-0.2, -0.15) is 0 Å². The molecule has 7 rings (SSSR count). The molecule has 9 atom stereocenters. The van der Waals surface area contributed by atoms with E-state index in [4.69, 9.17) is 18.9 Å². The van der Waals surface area contributed by atoms with Gasteiger partial charge in [0.05, 0.1) is 35.5 Å². The minimum absolute atomic E-state index is 0.0503. The molecule has 0 radical (unpaired) electrons. The number of Topliss-reactive ketones (excluding diaryl/α,β-unsaturated/α-hetero) is 1. The molecular weight excluding hydrogens is 845 g/mol. The Balaban J connectivity index is 1.64. The molecule has 3 aromatic carbocycles. The number of esters is 1. The van der Waals surface area contributed by atoms with E-state index in [0.717, 1.165) is 48.3 Å². The number of ketones is 1. The van der Waals surface area contributed by atoms with Crippen molar-refractivity contribution in [1.29, 1.82) is 0 Å². The molecule has 66 heavy (non-hydrogen) atoms. The highest BCUT2D eigenvalue weighted by molar-refractivity contribution is 6.20. The van der Waals surface area contributed by atoms with Gasteiger partial charge >= 0.3 is 11.8 Å². The highest BCUT2D eigenvalue weighted by atomic mass is 16.7. The van der Waals surface area contributed by atoms with Crippen molar-refractivity contribution in [2.24, 2.45) is 28.7 Å². The molecule has 0 saturated carbocycles. The Kier molecular flexibility index (Phi) is 14.9. The molecule has 4 aliphatic heterocycles. The van der Waals surface area contributed by atoms with Gasteiger partial charge in [-0.25, -0.2) is 4.99 Å². The normalized spacial score (nSPS) is 29.4. The van der Waals surface area contributed by atoms with Gasteiger partial charge in [0.1, 0.15) is 28.7 Å². The summed E-state index contributed by atoms with van der Waals surface area (Å²) in [5, 5.41) is 58.5. The average molecular weight is 909 g/mol. The summed E-state index contributed by atoms with van der Waals surface area (Å²) in [7, 11) is 1.44. The van der Waals surface area contributed by atoms with Crippen LogP contribution in [0.1, 0.15) is 93.9 Å². The van der Waals surface area contributed by atoms with Gasteiger partial charge in [0.25, 0.3) is 11.7 Å². The molecule has 0 aromatic heterocycles. The molecule has 0 aliphatic carbocycles. The number of amides is 1. The van der Waals surface area contributed by atoms with E-state index in [9.17, 15) is 39.9 Å². The first-order chi connectivity index (χ1) is 31.1. The van der Waals surface area contributed by atoms with Gasteiger partial charge in [-0.05, 0) is 64.3 Å². The van der Waals surface area contributed by atoms with Crippen LogP contribution in [-0.4, -0.2) is 98.5 Å². The topological polar surface area (TPSA) is 205 Å². The van der Waals surface area contributed by atoms with E-state index in [2.05, 4.69) is 16.0 Å². The van der Waals surface area contributed by atoms with Crippen LogP contribution in [0.3, 0.4) is 0 Å². The van der Waals surface area contributed by atoms with Crippen molar-refractivity contribution in [3.8, 4) is 23.0 Å². The zero-order valence-electron chi connectivity index (χ0n) is 39.7. The van der Waals surface area contributed by atoms with Crippen LogP contribution in [0.4, 0.5) is 0 Å². The Morgan fingerprint density at radius 3 is 2.23 bits per heavy atom. The van der Waals surface area contributed by atoms with E-state index in [1.807, 2.05) is 26.0 Å². The first kappa shape index (κ1) is 49.5. The second kappa shape index (κ2) is 19.9. The van der Waals surface area contributed by atoms with Gasteiger partial charge in [-0.3, -0.25) is 14.4 Å². The number of rotatable bonds is 5. The van der Waals surface area contributed by atoms with Gasteiger partial charge in [0, 0.05) is 90.7 Å². The lowest BCUT2D eigenvalue weighted by Crippen LogP contribution is -2.46. The third-order valence-electron chi connectivity index (χ3n) is 13.5. The van der Waals surface area contributed by atoms with Crippen LogP contribution in [0.5, 0.6) is 23.0 Å². The lowest BCUT2D eigenvalue weighted by Gasteiger charge is -2.38. The predicted molar refractivity (Wildman–Crippen MR) is 250 cm³/mol. The minimum atomic E-state index is -2.06. The SMILES string of the molecule is CO[C@H]1C=CO[C@@]2(C)Oc3c(C)c(O)c4c(O)c(/c(=C\C=C(\c5ccc(C)cc5C)N5CCCC5)c(O)c4c3C2=O)=NC(=O)/C(C)=C\C=C/[C@H](C)[C@H](O)[C@@H](C)[C@@H](O)[C@@H](C)[C@H](OC(C)=O)[C@@H]1C. The summed E-state index contributed by atoms with van der Waals surface area (Å²) in [6, 6.07) is 6.12. The number of hydrogen-bond donors (Lipinski definition) is 5. The maximum atomic E-state index is 14.7. The third-order valence-corrected chi connectivity index (χ3v) is 13.5. The number of phenols is 3. The molecule has 4 aliphatic rings. The second-order valence-corrected chi connectivity index (χ2v) is 18.3. The van der Waals surface area contributed by atoms with E-state index in [1.54, 1.807) is 52.0 Å². The zero-order chi connectivity index (χ0) is 48.5. The number of aromatic hydroxyl groups is 3. The van der Waals surface area contributed by atoms with Crippen molar-refractivity contribution < 1.29 is 58.9 Å². The van der Waals surface area contributed by atoms with E-state index < -0.39 is 88.8 Å². The Hall–Kier alpha value is -5.96. The number of fused-ring (bicyclic) bond motifs is 14. The zero-order valence-corrected chi connectivity index (χ0v) is 39.7. The minimum Gasteiger partial charge on any atom is -0.507 e. The van der Waals surface area contributed by atoms with Crippen molar-refractivity contribution in [3.05, 3.63) is 98.8 Å². The largest absolute Gasteiger partial charge is 0.507 e. The summed E-state index contributed by atoms with van der Waals surface area (Å²) in [5.74, 6) is -8.54. The molecule has 14 nitrogen and oxygen atoms in total. The Morgan fingerprint density at radius 2 is 1.59 bits per heavy atom. The monoisotopic (exact) mass is 908 g/mol. The van der Waals surface area contributed by atoms with Crippen molar-refractivity contribution in [2.45, 2.75) is 112 Å². The van der Waals surface area contributed by atoms with E-state index >= 15 is 0 Å². The fraction of sp³-hybridized carbons (Fsp3) is 0.462. The summed E-state index contributed by atoms with van der Waals surface area (Å²) in [6.45, 7) is 18.1. The maximum absolute atomic E-state index is 14.7. The van der Waals surface area contributed by atoms with Crippen molar-refractivity contribution in [3.63, 3.8) is 0 Å². The first-order valence-corrected chi connectivity index (χ1v) is 22.5. The highest BCUT2D eigenvalue weighted by Crippen LogP contribution is 2.50. The van der Waals surface area contributed by atoms with Gasteiger partial charge < -0.3 is 49.4 Å². The van der Waals surface area contributed by atoms with Crippen LogP contribution in [0.2, 0.25) is 0 Å². The molecule has 4 heterocycles. The lowest BCUT2D eigenvalue weighted by molar-refractivity contribution is -0.160. The standard InChI is InChI=1S/C52H64N2O12/c1-26-17-18-35(29(4)25-26)37(54-22-12-13-23-54)20-19-36-42-47(60)40-39(46(36)59)41-49(33(8)45(40)58)66-52(10,50(41)61)64-24-21-38(63-11)30(5)48(65-34(9)55)32(7)44(57)31(6)43(56)27(2)15-14-16-28(3)51(62)53-42/h14-21,24-25,27,30-32,38,43-44,48,56-60H,12-13,22-23H2,1-11H3/b15-14-,24-21?,28-16-,36-19+,37-20-,53-42?/t27-,30+,31+,32+,38-,43-,44+,48+,52-/m0/s1. The first-order valence-electron chi connectivity index (χ1n) is 22.5. The number of aliphatic hydroxyl groups excluding tert-OH is 2. The van der Waals surface area contributed by atoms with Crippen LogP contribution < -0.4 is 15.3 Å². The van der Waals surface area contributed by atoms with Gasteiger partial charge in [-0.1, -0.05) is 69.7 Å². The maximum Gasteiger partial charge on any atom is 0.312 e. The number of carbonyl (C=O) groups excluding carboxylic acids is 3. The summed E-state index contributed by atoms with van der Waals surface area (Å²) >= 11 is 0. The second-order valence-electron chi connectivity index (χ2n) is 18.3. The number of nitrogens with zero attached hydrogens (tertiary/aromatic N) is 2. The Bertz CT molecular complexity index is 2660. The fourth-order valence-electron chi connectivity index (χ4n) is 9.44. The molecule has 0 unspecified atom stereocenters. The number of aryl methyl sites for hydroxylation is 2. The quantitative estimate of drug-likeness (QED) is 0.137. The van der Waals surface area contributed by atoms with Gasteiger partial charge in [-0.15, -0.1) is 0 Å². The molecule has 5 N–H and O–H groups in total. The summed E-state index contributed by atoms with van der Waals surface area (Å²) in [5.41, 5.74) is 3.88. The molecular formula is C52H64N2O12. The number of benzene rings is 3. The Morgan fingerprint density at radius 1 is 0.909 bits per heavy atom. The average Bonchev–Trinajstić information content (AvgIpc) is 3.90. The summed E-state index contributed by atoms with van der Waals surface area (Å²) in [4.78, 5) is 47.7. The number of ether oxygens (including phenoxy) is 4. The van der Waals surface area contributed by atoms with E-state index in [-0.39, 0.29) is 43.8 Å². The number of carbonyl (C=O) groups is 3. The smallest absolute Gasteiger partial charge is 0.312 e. The molecule has 1 saturated heterocycles. The number of phenolic OH excluding ortho intramolecular Hbond substituents is 3. The fourth-order valence-corrected chi connectivity index (χ4v) is 9.44. The predicted octanol–water partition coefficient (Wildman–Crippen LogP) is 6.50. The number of methoxy groups -OCH3 is 1. The molecule has 1 amide bonds. The summed E-state index contributed by atoms with van der Waals surface area (Å²) < 4.78 is 23.8. The third kappa shape index (κ3) is 9.49. The number of likely N-dealkylation sites (tertiary alicyclic amines) is 1. The molecule has 354 valence electrons. The molecule has 3 aromatic rings. The number of allylic oxidation sites excluding steroid dienone is 3. The van der Waals surface area contributed by atoms with Gasteiger partial charge in [0.15, 0.2) is 5.75 Å². The van der Waals surface area contributed by atoms with E-state index in [1.165, 1.54) is 53.2 Å². The molecule has 0 spiro atoms. The lowest BCUT2D eigenvalue weighted by atomic mass is 9.78. The molecule has 1 fully saturated rings. The van der Waals surface area contributed by atoms with Gasteiger partial charge in [0.2, 0.25) is 0 Å². The Labute approximate surface area is 385 Å². The van der Waals surface area contributed by atoms with Crippen LogP contribution in [-0.2, 0) is 23.8 Å². The van der Waals surface area contributed by atoms with Crippen molar-refractivity contribution >= 4 is 40.2 Å². The molecule has 5 bridgehead atoms. The van der Waals surface area contributed by atoms with Crippen LogP contribution in [0.15, 0.2) is 65.4 Å². The molecule has 14 heteroatoms. The van der Waals surface area contributed by atoms with E-state index in [0.29, 0.717) is 0 Å². The number of hydrogen-bond acceptors (Lipinski definition) is 13. The highest BCUT2D eigenvalue weighted by Gasteiger charge is 2.49. The van der Waals surface area contributed by atoms with Crippen molar-refractivity contribution in [1.82, 2.24) is 4.90 Å².